The Hall–Kier alpha value is -3.06. The fourth-order valence-electron chi connectivity index (χ4n) is 3.20. The predicted molar refractivity (Wildman–Crippen MR) is 122 cm³/mol. The molecule has 0 aliphatic heterocycles. The normalized spacial score (nSPS) is 10.8. The predicted octanol–water partition coefficient (Wildman–Crippen LogP) is 5.69. The van der Waals surface area contributed by atoms with Crippen molar-refractivity contribution >= 4 is 46.4 Å². The number of carbonyl (C=O) groups is 1. The number of carbonyl (C=O) groups excluding carboxylic acids is 1. The van der Waals surface area contributed by atoms with E-state index in [0.29, 0.717) is 42.4 Å². The van der Waals surface area contributed by atoms with Crippen LogP contribution in [0.15, 0.2) is 67.0 Å². The number of hydrogen-bond acceptors (Lipinski definition) is 3. The van der Waals surface area contributed by atoms with Gasteiger partial charge in [-0.3, -0.25) is 4.79 Å². The molecule has 0 unspecified atom stereocenters. The Bertz CT molecular complexity index is 1290. The van der Waals surface area contributed by atoms with E-state index in [0.717, 1.165) is 5.56 Å². The molecule has 0 bridgehead atoms. The Labute approximate surface area is 193 Å². The first-order valence-corrected chi connectivity index (χ1v) is 10.3. The van der Waals surface area contributed by atoms with Crippen LogP contribution in [-0.4, -0.2) is 15.7 Å². The van der Waals surface area contributed by atoms with E-state index in [9.17, 15) is 10.0 Å². The van der Waals surface area contributed by atoms with Gasteiger partial charge in [-0.05, 0) is 43.3 Å². The molecule has 1 N–H and O–H groups in total. The van der Waals surface area contributed by atoms with Crippen molar-refractivity contribution in [3.8, 4) is 16.9 Å². The zero-order chi connectivity index (χ0) is 22.1. The van der Waals surface area contributed by atoms with E-state index >= 15 is 0 Å². The van der Waals surface area contributed by atoms with E-state index < -0.39 is 5.91 Å². The minimum atomic E-state index is -0.456. The van der Waals surface area contributed by atoms with Crippen LogP contribution in [0.5, 0.6) is 0 Å². The van der Waals surface area contributed by atoms with Gasteiger partial charge in [0.25, 0.3) is 5.91 Å². The molecule has 0 saturated carbocycles. The number of pyridine rings is 1. The first-order chi connectivity index (χ1) is 14.8. The Morgan fingerprint density at radius 3 is 2.45 bits per heavy atom. The lowest BCUT2D eigenvalue weighted by Crippen LogP contribution is -2.25. The molecule has 0 spiro atoms. The summed E-state index contributed by atoms with van der Waals surface area (Å²) in [5, 5.41) is 20.2. The average Bonchev–Trinajstić information content (AvgIpc) is 3.06. The SMILES string of the molecule is Cc1c(C(=O)Nc2ccc[n+]([O-])c2)nn(-c2ccc(Cl)cc2Cl)c1-c1ccc(Cl)cc1. The van der Waals surface area contributed by atoms with Crippen LogP contribution in [0, 0.1) is 12.1 Å². The van der Waals surface area contributed by atoms with Gasteiger partial charge in [-0.25, -0.2) is 4.68 Å². The molecular formula is C22H15Cl3N4O2. The second-order valence-electron chi connectivity index (χ2n) is 6.74. The molecule has 0 radical (unpaired) electrons. The third-order valence-corrected chi connectivity index (χ3v) is 5.42. The Morgan fingerprint density at radius 2 is 1.77 bits per heavy atom. The minimum absolute atomic E-state index is 0.192. The number of rotatable bonds is 4. The van der Waals surface area contributed by atoms with Crippen LogP contribution in [-0.2, 0) is 0 Å². The molecule has 2 aromatic carbocycles. The zero-order valence-electron chi connectivity index (χ0n) is 16.1. The summed E-state index contributed by atoms with van der Waals surface area (Å²) in [5.41, 5.74) is 3.23. The molecule has 156 valence electrons. The van der Waals surface area contributed by atoms with E-state index in [1.54, 1.807) is 54.1 Å². The lowest BCUT2D eigenvalue weighted by molar-refractivity contribution is -0.604. The van der Waals surface area contributed by atoms with Gasteiger partial charge in [-0.1, -0.05) is 46.9 Å². The minimum Gasteiger partial charge on any atom is -0.619 e. The second kappa shape index (κ2) is 8.59. The number of anilines is 1. The van der Waals surface area contributed by atoms with Crippen molar-refractivity contribution < 1.29 is 9.52 Å². The van der Waals surface area contributed by atoms with Gasteiger partial charge < -0.3 is 10.5 Å². The van der Waals surface area contributed by atoms with Crippen molar-refractivity contribution in [3.63, 3.8) is 0 Å². The number of halogens is 3. The molecule has 0 saturated heterocycles. The highest BCUT2D eigenvalue weighted by atomic mass is 35.5. The molecule has 0 aliphatic carbocycles. The van der Waals surface area contributed by atoms with E-state index in [1.807, 2.05) is 12.1 Å². The molecule has 1 amide bonds. The number of nitrogens with zero attached hydrogens (tertiary/aromatic N) is 3. The average molecular weight is 474 g/mol. The monoisotopic (exact) mass is 472 g/mol. The van der Waals surface area contributed by atoms with Crippen LogP contribution in [0.25, 0.3) is 16.9 Å². The highest BCUT2D eigenvalue weighted by molar-refractivity contribution is 6.35. The van der Waals surface area contributed by atoms with Crippen molar-refractivity contribution in [2.45, 2.75) is 6.92 Å². The smallest absolute Gasteiger partial charge is 0.276 e. The van der Waals surface area contributed by atoms with E-state index in [1.165, 1.54) is 12.4 Å². The Balaban J connectivity index is 1.85. The third kappa shape index (κ3) is 4.37. The topological polar surface area (TPSA) is 73.9 Å². The number of hydrogen-bond donors (Lipinski definition) is 1. The summed E-state index contributed by atoms with van der Waals surface area (Å²) in [4.78, 5) is 13.0. The molecule has 31 heavy (non-hydrogen) atoms. The van der Waals surface area contributed by atoms with Crippen molar-refractivity contribution in [2.75, 3.05) is 5.32 Å². The van der Waals surface area contributed by atoms with Crippen LogP contribution in [0.2, 0.25) is 15.1 Å². The van der Waals surface area contributed by atoms with Gasteiger partial charge in [-0.2, -0.15) is 9.83 Å². The summed E-state index contributed by atoms with van der Waals surface area (Å²) in [6.45, 7) is 1.80. The molecule has 4 aromatic rings. The number of nitrogens with one attached hydrogen (secondary N) is 1. The molecule has 4 rings (SSSR count). The van der Waals surface area contributed by atoms with Crippen molar-refractivity contribution in [1.29, 1.82) is 0 Å². The lowest BCUT2D eigenvalue weighted by atomic mass is 10.1. The van der Waals surface area contributed by atoms with Crippen LogP contribution < -0.4 is 10.0 Å². The van der Waals surface area contributed by atoms with Crippen LogP contribution in [0.3, 0.4) is 0 Å². The second-order valence-corrected chi connectivity index (χ2v) is 8.02. The van der Waals surface area contributed by atoms with Gasteiger partial charge in [0.15, 0.2) is 11.9 Å². The standard InChI is InChI=1S/C22H15Cl3N4O2/c1-13-20(22(30)26-17-3-2-10-28(31)12-17)27-29(19-9-8-16(24)11-18(19)25)21(13)14-4-6-15(23)7-5-14/h2-12H,1H3,(H,26,30). The van der Waals surface area contributed by atoms with Gasteiger partial charge in [0.1, 0.15) is 5.69 Å². The third-order valence-electron chi connectivity index (χ3n) is 4.63. The first-order valence-electron chi connectivity index (χ1n) is 9.14. The molecule has 2 heterocycles. The van der Waals surface area contributed by atoms with Gasteiger partial charge in [0.2, 0.25) is 6.20 Å². The van der Waals surface area contributed by atoms with Crippen LogP contribution in [0.1, 0.15) is 16.1 Å². The largest absolute Gasteiger partial charge is 0.619 e. The van der Waals surface area contributed by atoms with E-state index in [2.05, 4.69) is 10.4 Å². The highest BCUT2D eigenvalue weighted by Gasteiger charge is 2.23. The molecular weight excluding hydrogens is 459 g/mol. The van der Waals surface area contributed by atoms with Crippen molar-refractivity contribution in [3.05, 3.63) is 98.5 Å². The maximum atomic E-state index is 13.0. The van der Waals surface area contributed by atoms with E-state index in [4.69, 9.17) is 34.8 Å². The zero-order valence-corrected chi connectivity index (χ0v) is 18.4. The maximum Gasteiger partial charge on any atom is 0.276 e. The van der Waals surface area contributed by atoms with Crippen LogP contribution in [0.4, 0.5) is 5.69 Å². The van der Waals surface area contributed by atoms with Crippen molar-refractivity contribution in [1.82, 2.24) is 9.78 Å². The summed E-state index contributed by atoms with van der Waals surface area (Å²) in [5.74, 6) is -0.456. The summed E-state index contributed by atoms with van der Waals surface area (Å²) in [7, 11) is 0. The van der Waals surface area contributed by atoms with Gasteiger partial charge in [-0.15, -0.1) is 0 Å². The summed E-state index contributed by atoms with van der Waals surface area (Å²) >= 11 is 18.5. The lowest BCUT2D eigenvalue weighted by Gasteiger charge is -2.11. The molecule has 0 fully saturated rings. The molecule has 2 aromatic heterocycles. The fourth-order valence-corrected chi connectivity index (χ4v) is 3.82. The summed E-state index contributed by atoms with van der Waals surface area (Å²) in [6.07, 6.45) is 2.59. The number of aromatic nitrogens is 3. The summed E-state index contributed by atoms with van der Waals surface area (Å²) < 4.78 is 2.21. The molecule has 6 nitrogen and oxygen atoms in total. The van der Waals surface area contributed by atoms with Crippen LogP contribution >= 0.6 is 34.8 Å². The fraction of sp³-hybridized carbons (Fsp3) is 0.0455. The van der Waals surface area contributed by atoms with Gasteiger partial charge >= 0.3 is 0 Å². The maximum absolute atomic E-state index is 13.0. The summed E-state index contributed by atoms with van der Waals surface area (Å²) in [6, 6.07) is 15.4. The Morgan fingerprint density at radius 1 is 1.06 bits per heavy atom. The van der Waals surface area contributed by atoms with Gasteiger partial charge in [0, 0.05) is 27.2 Å². The Kier molecular flexibility index (Phi) is 5.87. The van der Waals surface area contributed by atoms with Crippen molar-refractivity contribution in [2.24, 2.45) is 0 Å². The quantitative estimate of drug-likeness (QED) is 0.305. The van der Waals surface area contributed by atoms with Gasteiger partial charge in [0.05, 0.1) is 16.4 Å². The highest BCUT2D eigenvalue weighted by Crippen LogP contribution is 2.33. The molecule has 0 aliphatic rings. The number of amides is 1. The first kappa shape index (κ1) is 21.2. The number of benzene rings is 2. The molecule has 9 heteroatoms. The van der Waals surface area contributed by atoms with E-state index in [-0.39, 0.29) is 5.69 Å². The molecule has 0 atom stereocenters.